The first-order valence-corrected chi connectivity index (χ1v) is 6.53. The summed E-state index contributed by atoms with van der Waals surface area (Å²) < 4.78 is 1.64. The molecule has 0 aliphatic heterocycles. The molecule has 0 radical (unpaired) electrons. The van der Waals surface area contributed by atoms with Gasteiger partial charge in [-0.05, 0) is 12.8 Å². The fourth-order valence-corrected chi connectivity index (χ4v) is 2.19. The van der Waals surface area contributed by atoms with Crippen LogP contribution in [-0.2, 0) is 7.05 Å². The van der Waals surface area contributed by atoms with E-state index in [1.54, 1.807) is 17.9 Å². The van der Waals surface area contributed by atoms with Gasteiger partial charge in [-0.25, -0.2) is 0 Å². The molecule has 1 aromatic heterocycles. The van der Waals surface area contributed by atoms with Crippen LogP contribution in [0.25, 0.3) is 0 Å². The Labute approximate surface area is 109 Å². The Balaban J connectivity index is 2.53. The van der Waals surface area contributed by atoms with Gasteiger partial charge in [0.2, 0.25) is 0 Å². The zero-order valence-corrected chi connectivity index (χ0v) is 11.7. The second-order valence-corrected chi connectivity index (χ2v) is 4.75. The zero-order chi connectivity index (χ0) is 13.7. The monoisotopic (exact) mass is 252 g/mol. The van der Waals surface area contributed by atoms with Gasteiger partial charge in [-0.2, -0.15) is 5.10 Å². The summed E-state index contributed by atoms with van der Waals surface area (Å²) in [7, 11) is 1.81. The first kappa shape index (κ1) is 14.7. The summed E-state index contributed by atoms with van der Waals surface area (Å²) in [6, 6.07) is 0.0147. The van der Waals surface area contributed by atoms with Crippen LogP contribution in [0.15, 0.2) is 6.20 Å². The number of carbonyl (C=O) groups is 1. The Morgan fingerprint density at radius 2 is 2.11 bits per heavy atom. The maximum Gasteiger partial charge on any atom is 0.254 e. The van der Waals surface area contributed by atoms with Gasteiger partial charge in [0.15, 0.2) is 0 Å². The van der Waals surface area contributed by atoms with E-state index in [2.05, 4.69) is 24.3 Å². The molecule has 1 aromatic rings. The molecule has 1 rings (SSSR count). The van der Waals surface area contributed by atoms with E-state index in [1.165, 1.54) is 0 Å². The molecule has 0 aliphatic carbocycles. The molecule has 1 heterocycles. The minimum absolute atomic E-state index is 0.0147. The molecule has 0 aliphatic rings. The molecule has 1 atom stereocenters. The van der Waals surface area contributed by atoms with Gasteiger partial charge in [-0.1, -0.05) is 26.7 Å². The molecular weight excluding hydrogens is 228 g/mol. The molecule has 5 nitrogen and oxygen atoms in total. The van der Waals surface area contributed by atoms with E-state index in [-0.39, 0.29) is 11.9 Å². The quantitative estimate of drug-likeness (QED) is 0.799. The highest BCUT2D eigenvalue weighted by Crippen LogP contribution is 2.11. The van der Waals surface area contributed by atoms with Gasteiger partial charge in [0, 0.05) is 25.8 Å². The number of nitrogens with one attached hydrogen (secondary N) is 1. The van der Waals surface area contributed by atoms with Crippen molar-refractivity contribution in [3.8, 4) is 0 Å². The van der Waals surface area contributed by atoms with Crippen LogP contribution in [0, 0.1) is 12.8 Å². The first-order chi connectivity index (χ1) is 8.49. The lowest BCUT2D eigenvalue weighted by Gasteiger charge is -2.21. The number of nitrogens with zero attached hydrogens (tertiary/aromatic N) is 2. The van der Waals surface area contributed by atoms with Crippen molar-refractivity contribution in [2.24, 2.45) is 18.7 Å². The molecule has 18 heavy (non-hydrogen) atoms. The number of hydrogen-bond acceptors (Lipinski definition) is 3. The Morgan fingerprint density at radius 3 is 2.56 bits per heavy atom. The molecule has 0 spiro atoms. The molecule has 0 bridgehead atoms. The second-order valence-electron chi connectivity index (χ2n) is 4.75. The molecule has 0 aromatic carbocycles. The van der Waals surface area contributed by atoms with Gasteiger partial charge in [0.05, 0.1) is 11.3 Å². The number of aryl methyl sites for hydroxylation is 2. The van der Waals surface area contributed by atoms with Gasteiger partial charge >= 0.3 is 0 Å². The lowest BCUT2D eigenvalue weighted by atomic mass is 9.95. The van der Waals surface area contributed by atoms with Crippen molar-refractivity contribution in [3.63, 3.8) is 0 Å². The molecule has 0 saturated carbocycles. The van der Waals surface area contributed by atoms with E-state index >= 15 is 0 Å². The molecule has 0 fully saturated rings. The van der Waals surface area contributed by atoms with Gasteiger partial charge in [-0.3, -0.25) is 9.48 Å². The molecule has 5 heteroatoms. The Bertz CT molecular complexity index is 396. The maximum atomic E-state index is 12.0. The van der Waals surface area contributed by atoms with E-state index in [4.69, 9.17) is 5.73 Å². The van der Waals surface area contributed by atoms with E-state index < -0.39 is 0 Å². The van der Waals surface area contributed by atoms with Gasteiger partial charge < -0.3 is 11.1 Å². The number of carbonyl (C=O) groups excluding carboxylic acids is 1. The van der Waals surface area contributed by atoms with Crippen LogP contribution in [-0.4, -0.2) is 28.3 Å². The van der Waals surface area contributed by atoms with Crippen LogP contribution in [0.1, 0.15) is 42.7 Å². The predicted molar refractivity (Wildman–Crippen MR) is 72.3 cm³/mol. The fraction of sp³-hybridized carbons (Fsp3) is 0.692. The summed E-state index contributed by atoms with van der Waals surface area (Å²) >= 11 is 0. The normalized spacial score (nSPS) is 12.8. The summed E-state index contributed by atoms with van der Waals surface area (Å²) in [6.07, 6.45) is 3.81. The van der Waals surface area contributed by atoms with Gasteiger partial charge in [0.25, 0.3) is 5.91 Å². The summed E-state index contributed by atoms with van der Waals surface area (Å²) in [5, 5.41) is 7.04. The van der Waals surface area contributed by atoms with Crippen molar-refractivity contribution >= 4 is 5.91 Å². The number of amides is 1. The molecule has 1 unspecified atom stereocenters. The lowest BCUT2D eigenvalue weighted by Crippen LogP contribution is -2.41. The van der Waals surface area contributed by atoms with Crippen LogP contribution in [0.2, 0.25) is 0 Å². The summed E-state index contributed by atoms with van der Waals surface area (Å²) in [5.41, 5.74) is 7.43. The van der Waals surface area contributed by atoms with Gasteiger partial charge in [0.1, 0.15) is 0 Å². The Kier molecular flexibility index (Phi) is 5.34. The average Bonchev–Trinajstić information content (AvgIpc) is 2.67. The first-order valence-electron chi connectivity index (χ1n) is 6.53. The van der Waals surface area contributed by atoms with E-state index in [0.29, 0.717) is 18.0 Å². The Morgan fingerprint density at radius 1 is 1.50 bits per heavy atom. The number of nitrogens with two attached hydrogens (primary N) is 1. The van der Waals surface area contributed by atoms with Crippen LogP contribution < -0.4 is 11.1 Å². The van der Waals surface area contributed by atoms with Crippen LogP contribution in [0.4, 0.5) is 0 Å². The van der Waals surface area contributed by atoms with Gasteiger partial charge in [-0.15, -0.1) is 0 Å². The van der Waals surface area contributed by atoms with E-state index in [0.717, 1.165) is 18.5 Å². The van der Waals surface area contributed by atoms with Crippen LogP contribution in [0.3, 0.4) is 0 Å². The minimum atomic E-state index is -0.0954. The zero-order valence-electron chi connectivity index (χ0n) is 11.7. The average molecular weight is 252 g/mol. The van der Waals surface area contributed by atoms with Crippen LogP contribution in [0.5, 0.6) is 0 Å². The molecule has 102 valence electrons. The van der Waals surface area contributed by atoms with Crippen molar-refractivity contribution < 1.29 is 4.79 Å². The number of aromatic nitrogens is 2. The van der Waals surface area contributed by atoms with Crippen LogP contribution >= 0.6 is 0 Å². The fourth-order valence-electron chi connectivity index (χ4n) is 2.19. The van der Waals surface area contributed by atoms with E-state index in [9.17, 15) is 4.79 Å². The largest absolute Gasteiger partial charge is 0.350 e. The summed E-state index contributed by atoms with van der Waals surface area (Å²) in [5.74, 6) is 0.363. The van der Waals surface area contributed by atoms with Crippen molar-refractivity contribution in [1.29, 1.82) is 0 Å². The highest BCUT2D eigenvalue weighted by atomic mass is 16.1. The molecular formula is C13H24N4O. The predicted octanol–water partition coefficient (Wildman–Crippen LogP) is 1.22. The highest BCUT2D eigenvalue weighted by molar-refractivity contribution is 5.95. The van der Waals surface area contributed by atoms with Crippen molar-refractivity contribution in [2.75, 3.05) is 6.54 Å². The standard InChI is InChI=1S/C13H24N4O/c1-5-10(6-2)12(14)7-15-13(18)11-8-17(4)16-9(11)3/h8,10,12H,5-7,14H2,1-4H3,(H,15,18). The molecule has 1 amide bonds. The molecule has 3 N–H and O–H groups in total. The van der Waals surface area contributed by atoms with Crippen molar-refractivity contribution in [3.05, 3.63) is 17.5 Å². The number of hydrogen-bond donors (Lipinski definition) is 2. The van der Waals surface area contributed by atoms with Crippen molar-refractivity contribution in [1.82, 2.24) is 15.1 Å². The topological polar surface area (TPSA) is 72.9 Å². The maximum absolute atomic E-state index is 12.0. The highest BCUT2D eigenvalue weighted by Gasteiger charge is 2.17. The summed E-state index contributed by atoms with van der Waals surface area (Å²) in [4.78, 5) is 12.0. The third-order valence-electron chi connectivity index (χ3n) is 3.41. The SMILES string of the molecule is CCC(CC)C(N)CNC(=O)c1cn(C)nc1C. The lowest BCUT2D eigenvalue weighted by molar-refractivity contribution is 0.0947. The number of rotatable bonds is 6. The second kappa shape index (κ2) is 6.54. The van der Waals surface area contributed by atoms with E-state index in [1.807, 2.05) is 6.92 Å². The Hall–Kier alpha value is -1.36. The smallest absolute Gasteiger partial charge is 0.254 e. The third kappa shape index (κ3) is 3.57. The molecule has 0 saturated heterocycles. The third-order valence-corrected chi connectivity index (χ3v) is 3.41. The summed E-state index contributed by atoms with van der Waals surface area (Å²) in [6.45, 7) is 6.59. The van der Waals surface area contributed by atoms with Crippen molar-refractivity contribution in [2.45, 2.75) is 39.7 Å². The minimum Gasteiger partial charge on any atom is -0.350 e.